The monoisotopic (exact) mass is 307 g/mol. The molecule has 104 valence electrons. The van der Waals surface area contributed by atoms with Crippen molar-refractivity contribution in [2.24, 2.45) is 5.73 Å². The highest BCUT2D eigenvalue weighted by Gasteiger charge is 2.15. The SMILES string of the molecule is Cc1cccc(NS(=O)(=O)c2ccc(C(N)=S)nc2)c1. The molecule has 0 atom stereocenters. The van der Waals surface area contributed by atoms with Gasteiger partial charge >= 0.3 is 0 Å². The van der Waals surface area contributed by atoms with E-state index in [-0.39, 0.29) is 9.88 Å². The van der Waals surface area contributed by atoms with Crippen molar-refractivity contribution in [3.63, 3.8) is 0 Å². The third-order valence-electron chi connectivity index (χ3n) is 2.57. The largest absolute Gasteiger partial charge is 0.388 e. The van der Waals surface area contributed by atoms with Crippen molar-refractivity contribution in [2.75, 3.05) is 4.72 Å². The van der Waals surface area contributed by atoms with E-state index in [2.05, 4.69) is 9.71 Å². The minimum Gasteiger partial charge on any atom is -0.388 e. The number of aromatic nitrogens is 1. The molecule has 5 nitrogen and oxygen atoms in total. The Morgan fingerprint density at radius 1 is 1.30 bits per heavy atom. The second-order valence-corrected chi connectivity index (χ2v) is 6.34. The molecule has 0 fully saturated rings. The number of nitrogens with two attached hydrogens (primary N) is 1. The van der Waals surface area contributed by atoms with Crippen molar-refractivity contribution in [2.45, 2.75) is 11.8 Å². The molecule has 0 aliphatic rings. The van der Waals surface area contributed by atoms with Crippen molar-refractivity contribution in [3.8, 4) is 0 Å². The molecule has 0 amide bonds. The summed E-state index contributed by atoms with van der Waals surface area (Å²) in [6.45, 7) is 1.89. The summed E-state index contributed by atoms with van der Waals surface area (Å²) in [7, 11) is -3.67. The highest BCUT2D eigenvalue weighted by atomic mass is 32.2. The molecule has 0 aliphatic carbocycles. The third-order valence-corrected chi connectivity index (χ3v) is 4.15. The molecule has 3 N–H and O–H groups in total. The maximum Gasteiger partial charge on any atom is 0.263 e. The van der Waals surface area contributed by atoms with Crippen LogP contribution in [0.5, 0.6) is 0 Å². The number of hydrogen-bond acceptors (Lipinski definition) is 4. The van der Waals surface area contributed by atoms with Crippen molar-refractivity contribution in [1.29, 1.82) is 0 Å². The van der Waals surface area contributed by atoms with E-state index in [1.165, 1.54) is 18.3 Å². The fraction of sp³-hybridized carbons (Fsp3) is 0.0769. The van der Waals surface area contributed by atoms with Gasteiger partial charge in [-0.2, -0.15) is 0 Å². The summed E-state index contributed by atoms with van der Waals surface area (Å²) in [6, 6.07) is 9.99. The average Bonchev–Trinajstić information content (AvgIpc) is 2.38. The molecule has 0 bridgehead atoms. The Bertz CT molecular complexity index is 740. The molecule has 0 radical (unpaired) electrons. The zero-order valence-electron chi connectivity index (χ0n) is 10.7. The number of nitrogens with one attached hydrogen (secondary N) is 1. The first-order valence-corrected chi connectivity index (χ1v) is 7.63. The van der Waals surface area contributed by atoms with Crippen LogP contribution in [0.1, 0.15) is 11.3 Å². The van der Waals surface area contributed by atoms with Crippen molar-refractivity contribution < 1.29 is 8.42 Å². The van der Waals surface area contributed by atoms with Gasteiger partial charge in [0, 0.05) is 11.9 Å². The molecule has 0 saturated carbocycles. The van der Waals surface area contributed by atoms with Gasteiger partial charge in [0.2, 0.25) is 0 Å². The summed E-state index contributed by atoms with van der Waals surface area (Å²) < 4.78 is 26.8. The average molecular weight is 307 g/mol. The quantitative estimate of drug-likeness (QED) is 0.842. The Kier molecular flexibility index (Phi) is 4.01. The lowest BCUT2D eigenvalue weighted by molar-refractivity contribution is 0.601. The Morgan fingerprint density at radius 2 is 2.05 bits per heavy atom. The van der Waals surface area contributed by atoms with Gasteiger partial charge in [-0.05, 0) is 36.8 Å². The summed E-state index contributed by atoms with van der Waals surface area (Å²) in [5.41, 5.74) is 7.27. The molecular formula is C13H13N3O2S2. The first kappa shape index (κ1) is 14.4. The molecule has 1 heterocycles. The standard InChI is InChI=1S/C13H13N3O2S2/c1-9-3-2-4-10(7-9)16-20(17,18)11-5-6-12(13(14)19)15-8-11/h2-8,16H,1H3,(H2,14,19). The predicted molar refractivity (Wildman–Crippen MR) is 82.1 cm³/mol. The van der Waals surface area contributed by atoms with E-state index in [0.717, 1.165) is 5.56 Å². The van der Waals surface area contributed by atoms with Crippen LogP contribution in [0.15, 0.2) is 47.5 Å². The summed E-state index contributed by atoms with van der Waals surface area (Å²) in [6.07, 6.45) is 1.23. The molecular weight excluding hydrogens is 294 g/mol. The van der Waals surface area contributed by atoms with Gasteiger partial charge in [0.05, 0.1) is 5.69 Å². The van der Waals surface area contributed by atoms with Crippen molar-refractivity contribution >= 4 is 32.9 Å². The maximum atomic E-state index is 12.2. The molecule has 1 aromatic carbocycles. The van der Waals surface area contributed by atoms with E-state index in [0.29, 0.717) is 11.4 Å². The summed E-state index contributed by atoms with van der Waals surface area (Å²) >= 11 is 4.77. The fourth-order valence-electron chi connectivity index (χ4n) is 1.61. The van der Waals surface area contributed by atoms with E-state index < -0.39 is 10.0 Å². The van der Waals surface area contributed by atoms with E-state index in [9.17, 15) is 8.42 Å². The summed E-state index contributed by atoms with van der Waals surface area (Å²) in [5, 5.41) is 0. The second kappa shape index (κ2) is 5.56. The Morgan fingerprint density at radius 3 is 2.60 bits per heavy atom. The molecule has 20 heavy (non-hydrogen) atoms. The van der Waals surface area contributed by atoms with E-state index in [1.54, 1.807) is 18.2 Å². The van der Waals surface area contributed by atoms with Gasteiger partial charge < -0.3 is 5.73 Å². The number of pyridine rings is 1. The Balaban J connectivity index is 2.28. The van der Waals surface area contributed by atoms with Gasteiger partial charge in [-0.15, -0.1) is 0 Å². The number of thiocarbonyl (C=S) groups is 1. The van der Waals surface area contributed by atoms with Gasteiger partial charge in [0.25, 0.3) is 10.0 Å². The lowest BCUT2D eigenvalue weighted by Crippen LogP contribution is -2.15. The minimum atomic E-state index is -3.67. The fourth-order valence-corrected chi connectivity index (χ4v) is 2.72. The molecule has 7 heteroatoms. The van der Waals surface area contributed by atoms with Crippen molar-refractivity contribution in [3.05, 3.63) is 53.9 Å². The molecule has 2 aromatic rings. The van der Waals surface area contributed by atoms with Crippen LogP contribution in [0.4, 0.5) is 5.69 Å². The maximum absolute atomic E-state index is 12.2. The van der Waals surface area contributed by atoms with Crippen LogP contribution < -0.4 is 10.5 Å². The normalized spacial score (nSPS) is 11.1. The van der Waals surface area contributed by atoms with Gasteiger partial charge in [-0.3, -0.25) is 9.71 Å². The zero-order chi connectivity index (χ0) is 14.8. The molecule has 0 spiro atoms. The second-order valence-electron chi connectivity index (χ2n) is 4.22. The van der Waals surface area contributed by atoms with Crippen LogP contribution in [0.25, 0.3) is 0 Å². The number of benzene rings is 1. The van der Waals surface area contributed by atoms with Crippen LogP contribution in [0.2, 0.25) is 0 Å². The predicted octanol–water partition coefficient (Wildman–Crippen LogP) is 1.83. The van der Waals surface area contributed by atoms with Gasteiger partial charge in [-0.25, -0.2) is 8.42 Å². The highest BCUT2D eigenvalue weighted by Crippen LogP contribution is 2.16. The van der Waals surface area contributed by atoms with Gasteiger partial charge in [-0.1, -0.05) is 24.4 Å². The lowest BCUT2D eigenvalue weighted by Gasteiger charge is -2.08. The number of nitrogens with zero attached hydrogens (tertiary/aromatic N) is 1. The van der Waals surface area contributed by atoms with Crippen LogP contribution in [-0.4, -0.2) is 18.4 Å². The molecule has 2 rings (SSSR count). The Hall–Kier alpha value is -1.99. The van der Waals surface area contributed by atoms with Crippen LogP contribution >= 0.6 is 12.2 Å². The molecule has 0 unspecified atom stereocenters. The van der Waals surface area contributed by atoms with Crippen LogP contribution in [0.3, 0.4) is 0 Å². The van der Waals surface area contributed by atoms with Crippen LogP contribution in [-0.2, 0) is 10.0 Å². The number of rotatable bonds is 4. The number of anilines is 1. The molecule has 0 aliphatic heterocycles. The number of sulfonamides is 1. The lowest BCUT2D eigenvalue weighted by atomic mass is 10.2. The summed E-state index contributed by atoms with van der Waals surface area (Å²) in [5.74, 6) is 0. The minimum absolute atomic E-state index is 0.0546. The molecule has 0 saturated heterocycles. The highest BCUT2D eigenvalue weighted by molar-refractivity contribution is 7.92. The Labute approximate surface area is 122 Å². The van der Waals surface area contributed by atoms with Gasteiger partial charge in [0.15, 0.2) is 0 Å². The number of aryl methyl sites for hydroxylation is 1. The van der Waals surface area contributed by atoms with Gasteiger partial charge in [0.1, 0.15) is 9.88 Å². The first-order valence-electron chi connectivity index (χ1n) is 5.74. The third kappa shape index (κ3) is 3.31. The van der Waals surface area contributed by atoms with E-state index in [4.69, 9.17) is 18.0 Å². The van der Waals surface area contributed by atoms with E-state index >= 15 is 0 Å². The topological polar surface area (TPSA) is 85.1 Å². The zero-order valence-corrected chi connectivity index (χ0v) is 12.3. The summed E-state index contributed by atoms with van der Waals surface area (Å²) in [4.78, 5) is 4.10. The molecule has 1 aromatic heterocycles. The first-order chi connectivity index (χ1) is 9.38. The van der Waals surface area contributed by atoms with E-state index in [1.807, 2.05) is 13.0 Å². The van der Waals surface area contributed by atoms with Crippen molar-refractivity contribution in [1.82, 2.24) is 4.98 Å². The van der Waals surface area contributed by atoms with Crippen LogP contribution in [0, 0.1) is 6.92 Å². The number of hydrogen-bond donors (Lipinski definition) is 2. The smallest absolute Gasteiger partial charge is 0.263 e.